The lowest BCUT2D eigenvalue weighted by molar-refractivity contribution is -0.170. The second-order valence-corrected chi connectivity index (χ2v) is 12.8. The molecule has 8 heteroatoms. The first-order valence-electron chi connectivity index (χ1n) is 14.8. The molecule has 0 spiro atoms. The van der Waals surface area contributed by atoms with Gasteiger partial charge in [0.25, 0.3) is 5.91 Å². The smallest absolute Gasteiger partial charge is 0.350 e. The van der Waals surface area contributed by atoms with E-state index in [1.807, 2.05) is 89.2 Å². The summed E-state index contributed by atoms with van der Waals surface area (Å²) >= 11 is 0. The van der Waals surface area contributed by atoms with Crippen molar-refractivity contribution in [3.05, 3.63) is 94.8 Å². The van der Waals surface area contributed by atoms with Crippen molar-refractivity contribution in [3.8, 4) is 5.75 Å². The number of rotatable bonds is 11. The van der Waals surface area contributed by atoms with Gasteiger partial charge in [-0.15, -0.1) is 0 Å². The number of urea groups is 1. The zero-order valence-electron chi connectivity index (χ0n) is 26.3. The zero-order valence-corrected chi connectivity index (χ0v) is 26.3. The van der Waals surface area contributed by atoms with Crippen LogP contribution in [-0.2, 0) is 33.8 Å². The Bertz CT molecular complexity index is 1440. The van der Waals surface area contributed by atoms with Crippen molar-refractivity contribution in [1.82, 2.24) is 14.8 Å². The molecule has 1 aliphatic rings. The van der Waals surface area contributed by atoms with Gasteiger partial charge in [-0.3, -0.25) is 14.7 Å². The molecule has 1 atom stereocenters. The van der Waals surface area contributed by atoms with Gasteiger partial charge in [0.2, 0.25) is 0 Å². The lowest BCUT2D eigenvalue weighted by atomic mass is 10.0. The molecule has 3 amide bonds. The Morgan fingerprint density at radius 3 is 2.12 bits per heavy atom. The summed E-state index contributed by atoms with van der Waals surface area (Å²) in [7, 11) is 0. The molecular formula is C35H43N3O5. The van der Waals surface area contributed by atoms with E-state index < -0.39 is 23.2 Å². The minimum absolute atomic E-state index is 0.162. The van der Waals surface area contributed by atoms with Crippen molar-refractivity contribution in [2.75, 3.05) is 0 Å². The number of aryl methyl sites for hydroxylation is 3. The molecule has 1 aromatic heterocycles. The predicted octanol–water partition coefficient (Wildman–Crippen LogP) is 6.55. The quantitative estimate of drug-likeness (QED) is 0.187. The molecule has 0 aliphatic carbocycles. The van der Waals surface area contributed by atoms with Crippen LogP contribution in [0.3, 0.4) is 0 Å². The summed E-state index contributed by atoms with van der Waals surface area (Å²) in [6, 6.07) is 16.6. The molecule has 1 unspecified atom stereocenters. The van der Waals surface area contributed by atoms with Crippen LogP contribution in [0.5, 0.6) is 5.75 Å². The Morgan fingerprint density at radius 1 is 0.837 bits per heavy atom. The monoisotopic (exact) mass is 585 g/mol. The minimum Gasteiger partial charge on any atom is -0.476 e. The molecule has 1 fully saturated rings. The topological polar surface area (TPSA) is 89.0 Å². The van der Waals surface area contributed by atoms with E-state index in [1.165, 1.54) is 10.5 Å². The number of carbonyl (C=O) groups excluding carboxylic acids is 3. The summed E-state index contributed by atoms with van der Waals surface area (Å²) in [5.74, 6) is -0.0187. The molecule has 2 aromatic carbocycles. The SMILES string of the molecule is Cc1ccc(CN2C(=O)C(CCCc3ccc(OC(C)(C)C(=O)OC(C)(C)C)cc3)N(Cc3ccncc3)C2=O)cc1C. The molecule has 0 radical (unpaired) electrons. The third-order valence-corrected chi connectivity index (χ3v) is 7.55. The first-order chi connectivity index (χ1) is 20.2. The third kappa shape index (κ3) is 8.21. The number of imide groups is 1. The molecule has 2 heterocycles. The molecule has 0 bridgehead atoms. The van der Waals surface area contributed by atoms with Gasteiger partial charge in [-0.1, -0.05) is 30.3 Å². The van der Waals surface area contributed by atoms with Crippen LogP contribution in [0.1, 0.15) is 75.3 Å². The van der Waals surface area contributed by atoms with Crippen LogP contribution in [0.25, 0.3) is 0 Å². The summed E-state index contributed by atoms with van der Waals surface area (Å²) in [4.78, 5) is 46.9. The molecular weight excluding hydrogens is 542 g/mol. The van der Waals surface area contributed by atoms with Crippen LogP contribution in [0.4, 0.5) is 4.79 Å². The highest BCUT2D eigenvalue weighted by Gasteiger charge is 2.44. The molecule has 228 valence electrons. The molecule has 1 saturated heterocycles. The maximum absolute atomic E-state index is 13.6. The number of aromatic nitrogens is 1. The van der Waals surface area contributed by atoms with Crippen LogP contribution in [0.15, 0.2) is 67.0 Å². The molecule has 1 aliphatic heterocycles. The number of ether oxygens (including phenoxy) is 2. The van der Waals surface area contributed by atoms with Gasteiger partial charge in [0.15, 0.2) is 5.60 Å². The average molecular weight is 586 g/mol. The standard InChI is InChI=1S/C35H43N3O5/c1-24-11-12-28(21-25(24)2)23-38-31(39)30(37(33(38)41)22-27-17-19-36-20-18-27)10-8-9-26-13-15-29(16-14-26)42-35(6,7)32(40)43-34(3,4)5/h11-21,30H,8-10,22-23H2,1-7H3. The van der Waals surface area contributed by atoms with Crippen LogP contribution in [0, 0.1) is 13.8 Å². The average Bonchev–Trinajstić information content (AvgIpc) is 3.15. The van der Waals surface area contributed by atoms with Crippen LogP contribution >= 0.6 is 0 Å². The maximum Gasteiger partial charge on any atom is 0.350 e. The number of benzene rings is 2. The second kappa shape index (κ2) is 13.0. The number of hydrogen-bond donors (Lipinski definition) is 0. The maximum atomic E-state index is 13.6. The number of pyridine rings is 1. The summed E-state index contributed by atoms with van der Waals surface area (Å²) in [5.41, 5.74) is 3.51. The van der Waals surface area contributed by atoms with Crippen molar-refractivity contribution in [1.29, 1.82) is 0 Å². The van der Waals surface area contributed by atoms with E-state index in [2.05, 4.69) is 4.98 Å². The van der Waals surface area contributed by atoms with E-state index in [-0.39, 0.29) is 18.5 Å². The fourth-order valence-corrected chi connectivity index (χ4v) is 5.03. The largest absolute Gasteiger partial charge is 0.476 e. The predicted molar refractivity (Wildman–Crippen MR) is 165 cm³/mol. The fraction of sp³-hybridized carbons (Fsp3) is 0.429. The van der Waals surface area contributed by atoms with Crippen molar-refractivity contribution < 1.29 is 23.9 Å². The van der Waals surface area contributed by atoms with Gasteiger partial charge in [-0.05, 0) is 120 Å². The third-order valence-electron chi connectivity index (χ3n) is 7.55. The highest BCUT2D eigenvalue weighted by Crippen LogP contribution is 2.28. The number of esters is 1. The number of carbonyl (C=O) groups is 3. The molecule has 43 heavy (non-hydrogen) atoms. The lowest BCUT2D eigenvalue weighted by Gasteiger charge is -2.29. The van der Waals surface area contributed by atoms with E-state index in [0.717, 1.165) is 35.1 Å². The first-order valence-corrected chi connectivity index (χ1v) is 14.8. The summed E-state index contributed by atoms with van der Waals surface area (Å²) < 4.78 is 11.4. The van der Waals surface area contributed by atoms with E-state index in [4.69, 9.17) is 9.47 Å². The first kappa shape index (κ1) is 31.7. The highest BCUT2D eigenvalue weighted by molar-refractivity contribution is 6.04. The van der Waals surface area contributed by atoms with Crippen molar-refractivity contribution >= 4 is 17.9 Å². The summed E-state index contributed by atoms with van der Waals surface area (Å²) in [5, 5.41) is 0. The second-order valence-electron chi connectivity index (χ2n) is 12.8. The van der Waals surface area contributed by atoms with Crippen molar-refractivity contribution in [2.45, 2.75) is 98.1 Å². The Balaban J connectivity index is 1.41. The van der Waals surface area contributed by atoms with Gasteiger partial charge in [0, 0.05) is 18.9 Å². The van der Waals surface area contributed by atoms with E-state index >= 15 is 0 Å². The Kier molecular flexibility index (Phi) is 9.58. The van der Waals surface area contributed by atoms with E-state index in [0.29, 0.717) is 18.7 Å². The Morgan fingerprint density at radius 2 is 1.49 bits per heavy atom. The van der Waals surface area contributed by atoms with Gasteiger partial charge >= 0.3 is 12.0 Å². The van der Waals surface area contributed by atoms with Gasteiger partial charge in [-0.25, -0.2) is 9.59 Å². The normalized spacial score (nSPS) is 15.7. The molecule has 4 rings (SSSR count). The minimum atomic E-state index is -1.13. The van der Waals surface area contributed by atoms with Crippen LogP contribution in [0.2, 0.25) is 0 Å². The van der Waals surface area contributed by atoms with Gasteiger partial charge in [0.1, 0.15) is 17.4 Å². The van der Waals surface area contributed by atoms with Gasteiger partial charge in [0.05, 0.1) is 6.54 Å². The van der Waals surface area contributed by atoms with Crippen LogP contribution in [-0.4, -0.2) is 49.9 Å². The highest BCUT2D eigenvalue weighted by atomic mass is 16.6. The van der Waals surface area contributed by atoms with Gasteiger partial charge < -0.3 is 14.4 Å². The summed E-state index contributed by atoms with van der Waals surface area (Å²) in [6.45, 7) is 13.5. The number of hydrogen-bond acceptors (Lipinski definition) is 6. The fourth-order valence-electron chi connectivity index (χ4n) is 5.03. The van der Waals surface area contributed by atoms with Gasteiger partial charge in [-0.2, -0.15) is 0 Å². The Labute approximate surface area is 255 Å². The van der Waals surface area contributed by atoms with Crippen LogP contribution < -0.4 is 4.74 Å². The molecule has 0 N–H and O–H groups in total. The zero-order chi connectivity index (χ0) is 31.4. The molecule has 0 saturated carbocycles. The number of nitrogens with zero attached hydrogens (tertiary/aromatic N) is 3. The molecule has 3 aromatic rings. The van der Waals surface area contributed by atoms with E-state index in [1.54, 1.807) is 31.1 Å². The van der Waals surface area contributed by atoms with Crippen molar-refractivity contribution in [2.24, 2.45) is 0 Å². The summed E-state index contributed by atoms with van der Waals surface area (Å²) in [6.07, 6.45) is 5.39. The Hall–Kier alpha value is -4.20. The molecule has 8 nitrogen and oxygen atoms in total. The lowest BCUT2D eigenvalue weighted by Crippen LogP contribution is -2.43. The number of amides is 3. The van der Waals surface area contributed by atoms with E-state index in [9.17, 15) is 14.4 Å². The van der Waals surface area contributed by atoms with Crippen molar-refractivity contribution in [3.63, 3.8) is 0 Å².